The second-order valence-corrected chi connectivity index (χ2v) is 107. The fourth-order valence-electron chi connectivity index (χ4n) is 13.6. The molecule has 0 aromatic carbocycles. The van der Waals surface area contributed by atoms with Gasteiger partial charge in [-0.1, -0.05) is 0 Å². The molecule has 0 atom stereocenters. The molecule has 0 unspecified atom stereocenters. The third-order valence-corrected chi connectivity index (χ3v) is 99.8. The predicted octanol–water partition coefficient (Wildman–Crippen LogP) is 40.3. The number of aromatic nitrogens is 6. The molecule has 6 aromatic heterocycles. The molecule has 4 radical (unpaired) electrons. The maximum absolute atomic E-state index is 4.95. The Morgan fingerprint density at radius 1 is 0.254 bits per heavy atom. The largest absolute Gasteiger partial charge is 0.249 e. The number of aryl methyl sites for hydroxylation is 4. The summed E-state index contributed by atoms with van der Waals surface area (Å²) in [7, 11) is 0. The zero-order chi connectivity index (χ0) is 89.1. The van der Waals surface area contributed by atoms with Gasteiger partial charge < -0.3 is 0 Å². The normalized spacial score (nSPS) is 11.0. The average molecular weight is 2780 g/mol. The summed E-state index contributed by atoms with van der Waals surface area (Å²) in [6.45, 7) is 50.3. The molecule has 688 valence electrons. The first kappa shape index (κ1) is 130. The third kappa shape index (κ3) is 78.9. The van der Waals surface area contributed by atoms with Gasteiger partial charge in [0.25, 0.3) is 0 Å². The maximum atomic E-state index is 4.95. The van der Waals surface area contributed by atoms with Crippen molar-refractivity contribution in [3.05, 3.63) is 79.4 Å². The molecule has 6 aromatic rings. The van der Waals surface area contributed by atoms with E-state index in [9.17, 15) is 0 Å². The smallest absolute Gasteiger partial charge is 0.117 e. The van der Waals surface area contributed by atoms with E-state index in [4.69, 9.17) is 4.98 Å². The van der Waals surface area contributed by atoms with Crippen LogP contribution >= 0.6 is 164 Å². The standard InChI is InChI=1S/2C4H4BrNS.2C4H4NS.18C4H9.2C3HBr2NS.6Sn/c1-3-6-4(5)2-7-3;1-3-6-2-4(5)7-3;2*1-4-5-2-3-6-4;18*1-3-4-2;4-2-1-7-3(5)6-2;4-2-1-6-3(5)7-2;;;;;;/h2*2H,1H3;3H,1H3;2H,1H3;18*1,3-4H2,2H3;2*1H;;;;;;. The van der Waals surface area contributed by atoms with Gasteiger partial charge in [-0.25, -0.2) is 19.9 Å². The molecule has 0 saturated heterocycles. The third-order valence-electron chi connectivity index (χ3n) is 21.0. The molecule has 6 nitrogen and oxygen atoms in total. The van der Waals surface area contributed by atoms with Gasteiger partial charge in [0.1, 0.15) is 9.21 Å². The second kappa shape index (κ2) is 95.6. The van der Waals surface area contributed by atoms with Gasteiger partial charge >= 0.3 is 626 Å². The minimum Gasteiger partial charge on any atom is -0.249 e. The van der Waals surface area contributed by atoms with Crippen LogP contribution in [0.25, 0.3) is 0 Å². The van der Waals surface area contributed by atoms with Crippen molar-refractivity contribution in [1.82, 2.24) is 29.9 Å². The number of hydrogen-bond donors (Lipinski definition) is 0. The van der Waals surface area contributed by atoms with Gasteiger partial charge in [0, 0.05) is 10.8 Å². The van der Waals surface area contributed by atoms with Crippen molar-refractivity contribution in [1.29, 1.82) is 0 Å². The van der Waals surface area contributed by atoms with Crippen molar-refractivity contribution in [2.45, 2.75) is 463 Å². The minimum absolute atomic E-state index is 0.839. The average Bonchev–Trinajstić information content (AvgIpc) is 1.62. The van der Waals surface area contributed by atoms with E-state index in [1.165, 1.54) is 254 Å². The monoisotopic (exact) mass is 2780 g/mol. The molecule has 0 fully saturated rings. The number of rotatable bonds is 56. The summed E-state index contributed by atoms with van der Waals surface area (Å²) in [5.41, 5.74) is 0. The maximum Gasteiger partial charge on any atom is 0.117 e. The first-order valence-electron chi connectivity index (χ1n) is 47.8. The van der Waals surface area contributed by atoms with Crippen molar-refractivity contribution >= 4 is 286 Å². The van der Waals surface area contributed by atoms with Crippen molar-refractivity contribution in [2.24, 2.45) is 0 Å². The number of unbranched alkanes of at least 4 members (excludes halogenated alkanes) is 18. The number of halogens is 6. The number of nitrogens with zero attached hydrogens (tertiary/aromatic N) is 6. The van der Waals surface area contributed by atoms with Crippen LogP contribution in [0.4, 0.5) is 0 Å². The fourth-order valence-corrected chi connectivity index (χ4v) is 95.6. The Hall–Kier alpha value is 5.45. The van der Waals surface area contributed by atoms with Gasteiger partial charge in [-0.2, -0.15) is 0 Å². The summed E-state index contributed by atoms with van der Waals surface area (Å²) >= 11 is 22.1. The molecular weight excluding hydrogens is 2600 g/mol. The van der Waals surface area contributed by atoms with E-state index in [2.05, 4.69) is 271 Å². The number of thiazole rings is 6. The SMILES string of the molecule is Brc1cnc(Br)s1.Brc1csc(Br)n1.CCC[CH2][Sn]([CH2]CCC)([CH2]CCC)[c]1cnc(C)s1.CCC[CH2][Sn]([CH2]CCC)([CH2]CCC)[c]1csc(C)n1.CCC[CH2][Sn]([CH2]CCC)[CH2]CCC.CCC[CH2][Sn]([CH2]CCC)[CH2]CCC.CCC[CH2][Sn]([CH2]CCC)[CH2]CCC.CCC[CH2][Sn]([CH2]CCC)[CH2]CCC.Cc1nc(Br)cs1.Cc1ncc(Br)s1. The molecule has 0 bridgehead atoms. The molecule has 0 amide bonds. The summed E-state index contributed by atoms with van der Waals surface area (Å²) in [5.74, 6) is 0. The molecule has 0 spiro atoms. The Bertz CT molecular complexity index is 2470. The van der Waals surface area contributed by atoms with Gasteiger partial charge in [0.05, 0.1) is 30.0 Å². The van der Waals surface area contributed by atoms with E-state index in [1.54, 1.807) is 131 Å². The fraction of sp³-hybridized carbons (Fsp3) is 0.809. The molecule has 0 N–H and O–H groups in total. The predicted molar refractivity (Wildman–Crippen MR) is 586 cm³/mol. The zero-order valence-electron chi connectivity index (χ0n) is 80.0. The van der Waals surface area contributed by atoms with E-state index in [1.807, 2.05) is 47.3 Å². The minimum atomic E-state index is -2.18. The van der Waals surface area contributed by atoms with Crippen LogP contribution in [0, 0.1) is 27.7 Å². The summed E-state index contributed by atoms with van der Waals surface area (Å²) in [4.78, 5) is 25.4. The topological polar surface area (TPSA) is 77.3 Å². The van der Waals surface area contributed by atoms with Crippen LogP contribution in [0.15, 0.2) is 59.3 Å². The van der Waals surface area contributed by atoms with Gasteiger partial charge in [-0.3, -0.25) is 0 Å². The van der Waals surface area contributed by atoms with Crippen LogP contribution in [-0.2, 0) is 0 Å². The van der Waals surface area contributed by atoms with Crippen molar-refractivity contribution < 1.29 is 0 Å². The van der Waals surface area contributed by atoms with Crippen LogP contribution < -0.4 is 6.60 Å². The Morgan fingerprint density at radius 2 is 0.508 bits per heavy atom. The van der Waals surface area contributed by atoms with Crippen LogP contribution in [0.1, 0.15) is 376 Å². The van der Waals surface area contributed by atoms with E-state index in [0.29, 0.717) is 0 Å². The molecular formula is C94H180Br6N6S6Sn6. The second-order valence-electron chi connectivity index (χ2n) is 32.1. The first-order valence-corrected chi connectivity index (χ1v) is 96.8. The molecule has 24 heteroatoms. The first-order chi connectivity index (χ1) is 56.9. The van der Waals surface area contributed by atoms with E-state index in [0.717, 1.165) is 34.6 Å². The van der Waals surface area contributed by atoms with Crippen LogP contribution in [0.2, 0.25) is 79.9 Å². The van der Waals surface area contributed by atoms with Crippen molar-refractivity contribution in [3.63, 3.8) is 0 Å². The number of hydrogen-bond acceptors (Lipinski definition) is 12. The van der Waals surface area contributed by atoms with Crippen molar-refractivity contribution in [2.75, 3.05) is 0 Å². The summed E-state index contributed by atoms with van der Waals surface area (Å²) in [6.07, 6.45) is 57.9. The molecule has 6 heterocycles. The van der Waals surface area contributed by atoms with Crippen molar-refractivity contribution in [3.8, 4) is 0 Å². The Balaban J connectivity index is -0.000000623. The van der Waals surface area contributed by atoms with Crippen LogP contribution in [-0.4, -0.2) is 146 Å². The molecule has 6 rings (SSSR count). The van der Waals surface area contributed by atoms with Crippen LogP contribution in [0.3, 0.4) is 0 Å². The van der Waals surface area contributed by atoms with E-state index in [-0.39, 0.29) is 0 Å². The Labute approximate surface area is 845 Å². The molecule has 118 heavy (non-hydrogen) atoms. The van der Waals surface area contributed by atoms with Gasteiger partial charge in [-0.05, 0) is 109 Å². The van der Waals surface area contributed by atoms with E-state index < -0.39 is 116 Å². The molecule has 0 aliphatic carbocycles. The molecule has 0 saturated carbocycles. The molecule has 0 aliphatic heterocycles. The van der Waals surface area contributed by atoms with Gasteiger partial charge in [0.2, 0.25) is 0 Å². The zero-order valence-corrected chi connectivity index (χ0v) is 112. The summed E-state index contributed by atoms with van der Waals surface area (Å²) in [6, 6.07) is 0. The van der Waals surface area contributed by atoms with Gasteiger partial charge in [0.15, 0.2) is 7.83 Å². The quantitative estimate of drug-likeness (QED) is 0.0354. The Kier molecular flexibility index (Phi) is 105. The summed E-state index contributed by atoms with van der Waals surface area (Å²) < 4.78 is 38.6. The van der Waals surface area contributed by atoms with Crippen LogP contribution in [0.5, 0.6) is 0 Å². The van der Waals surface area contributed by atoms with E-state index >= 15 is 0 Å². The molecule has 0 aliphatic rings. The Morgan fingerprint density at radius 3 is 0.661 bits per heavy atom. The van der Waals surface area contributed by atoms with Gasteiger partial charge in [-0.15, -0.1) is 45.3 Å². The summed E-state index contributed by atoms with van der Waals surface area (Å²) in [5, 5.41) is 11.1.